The van der Waals surface area contributed by atoms with Crippen LogP contribution in [-0.4, -0.2) is 36.2 Å². The lowest BCUT2D eigenvalue weighted by atomic mass is 10.2. The third-order valence-electron chi connectivity index (χ3n) is 2.94. The molecule has 1 saturated heterocycles. The van der Waals surface area contributed by atoms with E-state index in [0.29, 0.717) is 17.4 Å². The highest BCUT2D eigenvalue weighted by molar-refractivity contribution is 8.00. The Hall–Kier alpha value is -0.570. The molecule has 8 heteroatoms. The van der Waals surface area contributed by atoms with Gasteiger partial charge in [0, 0.05) is 23.9 Å². The molecule has 1 atom stereocenters. The van der Waals surface area contributed by atoms with Crippen molar-refractivity contribution in [2.75, 3.05) is 12.3 Å². The number of nitrogens with one attached hydrogen (secondary N) is 2. The summed E-state index contributed by atoms with van der Waals surface area (Å²) >= 11 is 1.83. The van der Waals surface area contributed by atoms with Gasteiger partial charge in [0.1, 0.15) is 0 Å². The van der Waals surface area contributed by atoms with E-state index in [9.17, 15) is 8.42 Å². The van der Waals surface area contributed by atoms with Crippen LogP contribution >= 0.6 is 11.8 Å². The van der Waals surface area contributed by atoms with Crippen LogP contribution in [-0.2, 0) is 16.6 Å². The van der Waals surface area contributed by atoms with E-state index in [0.717, 1.165) is 12.2 Å². The number of hydrogen-bond donors (Lipinski definition) is 3. The lowest BCUT2D eigenvalue weighted by Gasteiger charge is -2.21. The van der Waals surface area contributed by atoms with Crippen molar-refractivity contribution in [1.82, 2.24) is 14.9 Å². The van der Waals surface area contributed by atoms with E-state index in [4.69, 9.17) is 5.73 Å². The maximum absolute atomic E-state index is 12.1. The predicted molar refractivity (Wildman–Crippen MR) is 71.8 cm³/mol. The molecule has 1 aliphatic heterocycles. The van der Waals surface area contributed by atoms with Gasteiger partial charge in [0.05, 0.1) is 6.20 Å². The van der Waals surface area contributed by atoms with Crippen LogP contribution in [0.3, 0.4) is 0 Å². The van der Waals surface area contributed by atoms with Gasteiger partial charge in [-0.1, -0.05) is 6.42 Å². The minimum absolute atomic E-state index is 0.0887. The summed E-state index contributed by atoms with van der Waals surface area (Å²) in [7, 11) is -3.52. The lowest BCUT2D eigenvalue weighted by molar-refractivity contribution is 0.568. The monoisotopic (exact) mass is 290 g/mol. The topological polar surface area (TPSA) is 101 Å². The molecule has 6 nitrogen and oxygen atoms in total. The SMILES string of the molecule is NCc1cn[nH]c1S(=O)(=O)NCC1CCCCS1. The molecule has 0 spiro atoms. The summed E-state index contributed by atoms with van der Waals surface area (Å²) in [5.41, 5.74) is 5.99. The van der Waals surface area contributed by atoms with E-state index >= 15 is 0 Å². The van der Waals surface area contributed by atoms with Gasteiger partial charge in [0.25, 0.3) is 10.0 Å². The highest BCUT2D eigenvalue weighted by Gasteiger charge is 2.22. The van der Waals surface area contributed by atoms with Gasteiger partial charge in [-0.05, 0) is 18.6 Å². The highest BCUT2D eigenvalue weighted by atomic mass is 32.2. The molecule has 0 radical (unpaired) electrons. The highest BCUT2D eigenvalue weighted by Crippen LogP contribution is 2.24. The quantitative estimate of drug-likeness (QED) is 0.730. The summed E-state index contributed by atoms with van der Waals surface area (Å²) < 4.78 is 26.8. The van der Waals surface area contributed by atoms with Crippen LogP contribution in [0, 0.1) is 0 Å². The van der Waals surface area contributed by atoms with Gasteiger partial charge in [0.2, 0.25) is 0 Å². The number of rotatable bonds is 5. The molecule has 4 N–H and O–H groups in total. The molecule has 102 valence electrons. The number of thioether (sulfide) groups is 1. The first kappa shape index (κ1) is 13.9. The van der Waals surface area contributed by atoms with Gasteiger partial charge < -0.3 is 5.73 Å². The average molecular weight is 290 g/mol. The third kappa shape index (κ3) is 3.25. The molecule has 0 aliphatic carbocycles. The van der Waals surface area contributed by atoms with Gasteiger partial charge in [0.15, 0.2) is 5.03 Å². The fourth-order valence-corrected chi connectivity index (χ4v) is 4.48. The summed E-state index contributed by atoms with van der Waals surface area (Å²) in [5, 5.41) is 6.68. The van der Waals surface area contributed by atoms with Crippen molar-refractivity contribution in [2.45, 2.75) is 36.1 Å². The summed E-state index contributed by atoms with van der Waals surface area (Å²) in [4.78, 5) is 0. The number of hydrogen-bond acceptors (Lipinski definition) is 5. The Labute approximate surface area is 111 Å². The van der Waals surface area contributed by atoms with E-state index in [-0.39, 0.29) is 11.6 Å². The molecular formula is C10H18N4O2S2. The van der Waals surface area contributed by atoms with Gasteiger partial charge in [-0.15, -0.1) is 0 Å². The smallest absolute Gasteiger partial charge is 0.257 e. The van der Waals surface area contributed by atoms with Crippen LogP contribution < -0.4 is 10.5 Å². The largest absolute Gasteiger partial charge is 0.326 e. The van der Waals surface area contributed by atoms with Crippen molar-refractivity contribution in [2.24, 2.45) is 5.73 Å². The Morgan fingerprint density at radius 2 is 2.39 bits per heavy atom. The van der Waals surface area contributed by atoms with E-state index in [1.807, 2.05) is 11.8 Å². The van der Waals surface area contributed by atoms with Gasteiger partial charge in [-0.2, -0.15) is 16.9 Å². The molecule has 1 fully saturated rings. The van der Waals surface area contributed by atoms with Gasteiger partial charge in [-0.3, -0.25) is 5.10 Å². The van der Waals surface area contributed by atoms with Crippen LogP contribution in [0.1, 0.15) is 24.8 Å². The second-order valence-electron chi connectivity index (χ2n) is 4.27. The minimum atomic E-state index is -3.52. The molecule has 0 bridgehead atoms. The van der Waals surface area contributed by atoms with E-state index in [1.165, 1.54) is 19.0 Å². The fraction of sp³-hybridized carbons (Fsp3) is 0.700. The first-order valence-electron chi connectivity index (χ1n) is 5.97. The van der Waals surface area contributed by atoms with Crippen LogP contribution in [0.5, 0.6) is 0 Å². The van der Waals surface area contributed by atoms with Gasteiger partial charge >= 0.3 is 0 Å². The van der Waals surface area contributed by atoms with E-state index in [2.05, 4.69) is 14.9 Å². The maximum atomic E-state index is 12.1. The number of nitrogens with two attached hydrogens (primary N) is 1. The van der Waals surface area contributed by atoms with Crippen molar-refractivity contribution in [1.29, 1.82) is 0 Å². The lowest BCUT2D eigenvalue weighted by Crippen LogP contribution is -2.32. The Balaban J connectivity index is 1.99. The van der Waals surface area contributed by atoms with Crippen molar-refractivity contribution >= 4 is 21.8 Å². The van der Waals surface area contributed by atoms with Crippen LogP contribution in [0.2, 0.25) is 0 Å². The molecule has 2 rings (SSSR count). The fourth-order valence-electron chi connectivity index (χ4n) is 1.92. The third-order valence-corrected chi connectivity index (χ3v) is 5.78. The molecule has 0 saturated carbocycles. The van der Waals surface area contributed by atoms with Crippen LogP contribution in [0.4, 0.5) is 0 Å². The van der Waals surface area contributed by atoms with E-state index < -0.39 is 10.0 Å². The Morgan fingerprint density at radius 3 is 3.06 bits per heavy atom. The Bertz CT molecular complexity index is 480. The summed E-state index contributed by atoms with van der Waals surface area (Å²) in [5.74, 6) is 1.12. The van der Waals surface area contributed by atoms with Crippen LogP contribution in [0.15, 0.2) is 11.2 Å². The summed E-state index contributed by atoms with van der Waals surface area (Å²) in [6.07, 6.45) is 4.92. The van der Waals surface area contributed by atoms with Crippen LogP contribution in [0.25, 0.3) is 0 Å². The first-order chi connectivity index (χ1) is 8.63. The molecule has 0 aromatic carbocycles. The maximum Gasteiger partial charge on any atom is 0.257 e. The molecule has 1 unspecified atom stereocenters. The molecular weight excluding hydrogens is 272 g/mol. The van der Waals surface area contributed by atoms with Crippen molar-refractivity contribution < 1.29 is 8.42 Å². The number of aromatic amines is 1. The molecule has 2 heterocycles. The van der Waals surface area contributed by atoms with Crippen molar-refractivity contribution in [3.05, 3.63) is 11.8 Å². The normalized spacial score (nSPS) is 21.1. The molecule has 18 heavy (non-hydrogen) atoms. The molecule has 1 aromatic rings. The first-order valence-corrected chi connectivity index (χ1v) is 8.50. The van der Waals surface area contributed by atoms with Gasteiger partial charge in [-0.25, -0.2) is 13.1 Å². The molecule has 1 aromatic heterocycles. The van der Waals surface area contributed by atoms with Crippen molar-refractivity contribution in [3.8, 4) is 0 Å². The average Bonchev–Trinajstić information content (AvgIpc) is 2.87. The van der Waals surface area contributed by atoms with Crippen molar-refractivity contribution in [3.63, 3.8) is 0 Å². The summed E-state index contributed by atoms with van der Waals surface area (Å²) in [6, 6.07) is 0. The summed E-state index contributed by atoms with van der Waals surface area (Å²) in [6.45, 7) is 0.626. The number of nitrogens with zero attached hydrogens (tertiary/aromatic N) is 1. The number of H-pyrrole nitrogens is 1. The zero-order valence-corrected chi connectivity index (χ0v) is 11.7. The standard InChI is InChI=1S/C10H18N4O2S2/c11-5-8-6-12-14-10(8)18(15,16)13-7-9-3-1-2-4-17-9/h6,9,13H,1-5,7,11H2,(H,12,14). The number of aromatic nitrogens is 2. The molecule has 0 amide bonds. The minimum Gasteiger partial charge on any atom is -0.326 e. The second kappa shape index (κ2) is 6.05. The predicted octanol–water partition coefficient (Wildman–Crippen LogP) is 0.432. The zero-order valence-electron chi connectivity index (χ0n) is 10.1. The Kier molecular flexibility index (Phi) is 4.66. The Morgan fingerprint density at radius 1 is 1.56 bits per heavy atom. The zero-order chi connectivity index (χ0) is 13.0. The second-order valence-corrected chi connectivity index (χ2v) is 7.38. The molecule has 1 aliphatic rings. The van der Waals surface area contributed by atoms with E-state index in [1.54, 1.807) is 0 Å². The number of sulfonamides is 1.